The lowest BCUT2D eigenvalue weighted by Gasteiger charge is -2.17. The van der Waals surface area contributed by atoms with Crippen molar-refractivity contribution >= 4 is 45.8 Å². The van der Waals surface area contributed by atoms with E-state index >= 15 is 0 Å². The second-order valence-electron chi connectivity index (χ2n) is 4.33. The van der Waals surface area contributed by atoms with E-state index in [1.165, 1.54) is 0 Å². The summed E-state index contributed by atoms with van der Waals surface area (Å²) >= 11 is 8.26. The lowest BCUT2D eigenvalue weighted by Crippen LogP contribution is -2.29. The summed E-state index contributed by atoms with van der Waals surface area (Å²) < 4.78 is 6.58. The van der Waals surface area contributed by atoms with Crippen molar-refractivity contribution in [2.24, 2.45) is 5.92 Å². The van der Waals surface area contributed by atoms with Gasteiger partial charge in [-0.2, -0.15) is 0 Å². The fourth-order valence-corrected chi connectivity index (χ4v) is 2.83. The summed E-state index contributed by atoms with van der Waals surface area (Å²) in [7, 11) is 0. The number of hydrogen-bond acceptors (Lipinski definition) is 2. The first-order chi connectivity index (χ1) is 8.61. The molecule has 0 aromatic heterocycles. The van der Waals surface area contributed by atoms with Crippen LogP contribution in [-0.2, 0) is 9.53 Å². The SMILES string of the molecule is CCC1OCCC1C(=O)Nc1cc(I)ccc1Cl. The standard InChI is InChI=1S/C13H15ClINO2/c1-2-12-9(5-6-18-12)13(17)16-11-7-8(15)3-4-10(11)14/h3-4,7,9,12H,2,5-6H2,1H3,(H,16,17). The molecule has 1 aromatic carbocycles. The third-order valence-corrected chi connectivity index (χ3v) is 4.14. The molecule has 1 N–H and O–H groups in total. The quantitative estimate of drug-likeness (QED) is 0.813. The number of amides is 1. The molecule has 98 valence electrons. The fraction of sp³-hybridized carbons (Fsp3) is 0.462. The van der Waals surface area contributed by atoms with Crippen molar-refractivity contribution in [2.75, 3.05) is 11.9 Å². The normalized spacial score (nSPS) is 23.1. The maximum Gasteiger partial charge on any atom is 0.230 e. The highest BCUT2D eigenvalue weighted by atomic mass is 127. The summed E-state index contributed by atoms with van der Waals surface area (Å²) in [5.74, 6) is -0.0628. The van der Waals surface area contributed by atoms with E-state index in [0.717, 1.165) is 16.4 Å². The number of nitrogens with one attached hydrogen (secondary N) is 1. The van der Waals surface area contributed by atoms with E-state index in [2.05, 4.69) is 27.9 Å². The van der Waals surface area contributed by atoms with Gasteiger partial charge >= 0.3 is 0 Å². The monoisotopic (exact) mass is 379 g/mol. The van der Waals surface area contributed by atoms with Gasteiger partial charge in [-0.25, -0.2) is 0 Å². The van der Waals surface area contributed by atoms with Gasteiger partial charge in [0.2, 0.25) is 5.91 Å². The lowest BCUT2D eigenvalue weighted by atomic mass is 9.98. The van der Waals surface area contributed by atoms with E-state index in [9.17, 15) is 4.79 Å². The maximum absolute atomic E-state index is 12.2. The van der Waals surface area contributed by atoms with Crippen molar-refractivity contribution in [2.45, 2.75) is 25.9 Å². The van der Waals surface area contributed by atoms with Crippen LogP contribution in [0.4, 0.5) is 5.69 Å². The Kier molecular flexibility index (Phi) is 4.86. The second kappa shape index (κ2) is 6.21. The van der Waals surface area contributed by atoms with E-state index in [1.807, 2.05) is 19.1 Å². The van der Waals surface area contributed by atoms with Crippen molar-refractivity contribution < 1.29 is 9.53 Å². The summed E-state index contributed by atoms with van der Waals surface area (Å²) in [6.07, 6.45) is 1.68. The number of halogens is 2. The van der Waals surface area contributed by atoms with Crippen LogP contribution in [0.3, 0.4) is 0 Å². The van der Waals surface area contributed by atoms with Crippen LogP contribution in [0.15, 0.2) is 18.2 Å². The van der Waals surface area contributed by atoms with Crippen LogP contribution in [0.25, 0.3) is 0 Å². The van der Waals surface area contributed by atoms with Gasteiger partial charge in [0.1, 0.15) is 0 Å². The van der Waals surface area contributed by atoms with Crippen molar-refractivity contribution in [1.82, 2.24) is 0 Å². The van der Waals surface area contributed by atoms with Crippen LogP contribution in [0, 0.1) is 9.49 Å². The average molecular weight is 380 g/mol. The molecule has 0 spiro atoms. The molecule has 3 nitrogen and oxygen atoms in total. The molecule has 2 unspecified atom stereocenters. The van der Waals surface area contributed by atoms with Gasteiger partial charge in [-0.3, -0.25) is 4.79 Å². The van der Waals surface area contributed by atoms with Crippen molar-refractivity contribution in [1.29, 1.82) is 0 Å². The first-order valence-electron chi connectivity index (χ1n) is 5.99. The molecule has 1 aromatic rings. The van der Waals surface area contributed by atoms with Crippen molar-refractivity contribution in [3.8, 4) is 0 Å². The number of carbonyl (C=O) groups is 1. The van der Waals surface area contributed by atoms with Gasteiger partial charge in [0.15, 0.2) is 0 Å². The minimum atomic E-state index is -0.0658. The van der Waals surface area contributed by atoms with E-state index in [4.69, 9.17) is 16.3 Å². The minimum absolute atomic E-state index is 0.00301. The Morgan fingerprint density at radius 3 is 3.11 bits per heavy atom. The Hall–Kier alpha value is -0.330. The Balaban J connectivity index is 2.09. The van der Waals surface area contributed by atoms with Crippen LogP contribution >= 0.6 is 34.2 Å². The van der Waals surface area contributed by atoms with Gasteiger partial charge in [-0.05, 0) is 53.6 Å². The van der Waals surface area contributed by atoms with Gasteiger partial charge in [0.05, 0.1) is 22.7 Å². The van der Waals surface area contributed by atoms with Gasteiger partial charge < -0.3 is 10.1 Å². The van der Waals surface area contributed by atoms with Gasteiger partial charge in [-0.1, -0.05) is 18.5 Å². The zero-order valence-electron chi connectivity index (χ0n) is 10.1. The molecular formula is C13H15ClINO2. The van der Waals surface area contributed by atoms with E-state index in [0.29, 0.717) is 17.3 Å². The number of rotatable bonds is 3. The lowest BCUT2D eigenvalue weighted by molar-refractivity contribution is -0.121. The Morgan fingerprint density at radius 1 is 1.61 bits per heavy atom. The van der Waals surface area contributed by atoms with E-state index in [1.54, 1.807) is 6.07 Å². The van der Waals surface area contributed by atoms with Gasteiger partial charge in [-0.15, -0.1) is 0 Å². The van der Waals surface area contributed by atoms with Crippen LogP contribution < -0.4 is 5.32 Å². The molecule has 0 aliphatic carbocycles. The number of anilines is 1. The molecule has 0 radical (unpaired) electrons. The molecule has 0 bridgehead atoms. The van der Waals surface area contributed by atoms with Crippen LogP contribution in [0.5, 0.6) is 0 Å². The highest BCUT2D eigenvalue weighted by Gasteiger charge is 2.32. The number of ether oxygens (including phenoxy) is 1. The van der Waals surface area contributed by atoms with Gasteiger partial charge in [0, 0.05) is 10.2 Å². The molecule has 1 fully saturated rings. The Labute approximate surface area is 125 Å². The summed E-state index contributed by atoms with van der Waals surface area (Å²) in [4.78, 5) is 12.2. The molecule has 1 amide bonds. The predicted octanol–water partition coefficient (Wildman–Crippen LogP) is 3.70. The van der Waals surface area contributed by atoms with E-state index < -0.39 is 0 Å². The Morgan fingerprint density at radius 2 is 2.39 bits per heavy atom. The Bertz CT molecular complexity index is 453. The third-order valence-electron chi connectivity index (χ3n) is 3.13. The first-order valence-corrected chi connectivity index (χ1v) is 7.45. The zero-order chi connectivity index (χ0) is 13.1. The van der Waals surface area contributed by atoms with Crippen LogP contribution in [0.2, 0.25) is 5.02 Å². The number of benzene rings is 1. The summed E-state index contributed by atoms with van der Waals surface area (Å²) in [5.41, 5.74) is 0.676. The number of hydrogen-bond donors (Lipinski definition) is 1. The third kappa shape index (κ3) is 3.16. The maximum atomic E-state index is 12.2. The molecule has 5 heteroatoms. The fourth-order valence-electron chi connectivity index (χ4n) is 2.17. The molecule has 1 aliphatic rings. The predicted molar refractivity (Wildman–Crippen MR) is 80.9 cm³/mol. The highest BCUT2D eigenvalue weighted by molar-refractivity contribution is 14.1. The smallest absolute Gasteiger partial charge is 0.230 e. The largest absolute Gasteiger partial charge is 0.377 e. The minimum Gasteiger partial charge on any atom is -0.377 e. The summed E-state index contributed by atoms with van der Waals surface area (Å²) in [6.45, 7) is 2.70. The molecular weight excluding hydrogens is 365 g/mol. The van der Waals surface area contributed by atoms with Crippen molar-refractivity contribution in [3.63, 3.8) is 0 Å². The topological polar surface area (TPSA) is 38.3 Å². The molecule has 1 aliphatic heterocycles. The number of carbonyl (C=O) groups excluding carboxylic acids is 1. The second-order valence-corrected chi connectivity index (χ2v) is 5.98. The summed E-state index contributed by atoms with van der Waals surface area (Å²) in [5, 5.41) is 3.47. The highest BCUT2D eigenvalue weighted by Crippen LogP contribution is 2.28. The molecule has 2 rings (SSSR count). The first kappa shape index (κ1) is 14.1. The molecule has 1 heterocycles. The summed E-state index contributed by atoms with van der Waals surface area (Å²) in [6, 6.07) is 5.57. The average Bonchev–Trinajstić information content (AvgIpc) is 2.82. The molecule has 18 heavy (non-hydrogen) atoms. The molecule has 1 saturated heterocycles. The van der Waals surface area contributed by atoms with Crippen LogP contribution in [-0.4, -0.2) is 18.6 Å². The molecule has 0 saturated carbocycles. The molecule has 2 atom stereocenters. The zero-order valence-corrected chi connectivity index (χ0v) is 13.0. The van der Waals surface area contributed by atoms with Crippen LogP contribution in [0.1, 0.15) is 19.8 Å². The van der Waals surface area contributed by atoms with E-state index in [-0.39, 0.29) is 17.9 Å². The van der Waals surface area contributed by atoms with Gasteiger partial charge in [0.25, 0.3) is 0 Å². The van der Waals surface area contributed by atoms with Crippen molar-refractivity contribution in [3.05, 3.63) is 26.8 Å².